The molecule has 1 fully saturated rings. The van der Waals surface area contributed by atoms with Gasteiger partial charge in [-0.25, -0.2) is 4.79 Å². The van der Waals surface area contributed by atoms with Gasteiger partial charge in [0.1, 0.15) is 11.1 Å². The van der Waals surface area contributed by atoms with Gasteiger partial charge in [0.15, 0.2) is 5.78 Å². The van der Waals surface area contributed by atoms with E-state index in [2.05, 4.69) is 10.3 Å². The highest BCUT2D eigenvalue weighted by atomic mass is 16.4. The lowest BCUT2D eigenvalue weighted by Gasteiger charge is -2.29. The van der Waals surface area contributed by atoms with Gasteiger partial charge in [-0.3, -0.25) is 14.4 Å². The third-order valence-electron chi connectivity index (χ3n) is 4.47. The van der Waals surface area contributed by atoms with Crippen molar-refractivity contribution >= 4 is 17.7 Å². The number of amides is 1. The molecule has 1 saturated carbocycles. The largest absolute Gasteiger partial charge is 0.480 e. The predicted octanol–water partition coefficient (Wildman–Crippen LogP) is 0.877. The van der Waals surface area contributed by atoms with Gasteiger partial charge in [0.2, 0.25) is 0 Å². The number of aromatic nitrogens is 1. The van der Waals surface area contributed by atoms with E-state index in [0.29, 0.717) is 36.9 Å². The molecule has 1 aromatic rings. The minimum Gasteiger partial charge on any atom is -0.480 e. The number of ketones is 1. The first-order valence-electron chi connectivity index (χ1n) is 7.49. The lowest BCUT2D eigenvalue weighted by atomic mass is 9.75. The molecule has 1 amide bonds. The lowest BCUT2D eigenvalue weighted by Crippen LogP contribution is -2.45. The molecule has 0 aromatic carbocycles. The molecular formula is C16H18N2O5. The molecule has 1 aromatic heterocycles. The maximum absolute atomic E-state index is 12.2. The second kappa shape index (κ2) is 4.78. The number of aliphatic carboxylic acids is 1. The van der Waals surface area contributed by atoms with Gasteiger partial charge in [0.05, 0.1) is 0 Å². The van der Waals surface area contributed by atoms with Crippen LogP contribution >= 0.6 is 0 Å². The standard InChI is InChI=1S/C16H18N2O5/c1-15(2)6-10-8(11(19)7-15)5-9(12(20)17-10)13(21)18-16(3-4-16)14(22)23/h5H,3-4,6-7H2,1-2H3,(H,17,20)(H,18,21)(H,22,23). The van der Waals surface area contributed by atoms with E-state index in [1.165, 1.54) is 6.07 Å². The molecule has 0 saturated heterocycles. The Balaban J connectivity index is 1.95. The smallest absolute Gasteiger partial charge is 0.329 e. The van der Waals surface area contributed by atoms with Crippen molar-refractivity contribution < 1.29 is 19.5 Å². The number of H-pyrrole nitrogens is 1. The summed E-state index contributed by atoms with van der Waals surface area (Å²) in [5.41, 5.74) is -1.46. The number of carbonyl (C=O) groups is 3. The Morgan fingerprint density at radius 2 is 1.87 bits per heavy atom. The van der Waals surface area contributed by atoms with E-state index in [-0.39, 0.29) is 16.8 Å². The van der Waals surface area contributed by atoms with E-state index in [0.717, 1.165) is 0 Å². The minimum absolute atomic E-state index is 0.124. The Kier molecular flexibility index (Phi) is 3.21. The minimum atomic E-state index is -1.27. The van der Waals surface area contributed by atoms with Crippen LogP contribution in [0.2, 0.25) is 0 Å². The van der Waals surface area contributed by atoms with Gasteiger partial charge in [0.25, 0.3) is 11.5 Å². The number of carboxylic acids is 1. The van der Waals surface area contributed by atoms with E-state index in [1.54, 1.807) is 0 Å². The highest BCUT2D eigenvalue weighted by Crippen LogP contribution is 2.36. The van der Waals surface area contributed by atoms with Crippen LogP contribution in [0.3, 0.4) is 0 Å². The van der Waals surface area contributed by atoms with E-state index in [1.807, 2.05) is 13.8 Å². The topological polar surface area (TPSA) is 116 Å². The van der Waals surface area contributed by atoms with Gasteiger partial charge in [-0.1, -0.05) is 13.8 Å². The van der Waals surface area contributed by atoms with E-state index >= 15 is 0 Å². The van der Waals surface area contributed by atoms with Crippen LogP contribution in [0.25, 0.3) is 0 Å². The first-order chi connectivity index (χ1) is 10.6. The Hall–Kier alpha value is -2.44. The summed E-state index contributed by atoms with van der Waals surface area (Å²) in [5, 5.41) is 11.5. The fraction of sp³-hybridized carbons (Fsp3) is 0.500. The summed E-state index contributed by atoms with van der Waals surface area (Å²) in [5.74, 6) is -1.99. The van der Waals surface area contributed by atoms with E-state index < -0.39 is 23.0 Å². The summed E-state index contributed by atoms with van der Waals surface area (Å²) in [7, 11) is 0. The van der Waals surface area contributed by atoms with Crippen molar-refractivity contribution in [3.63, 3.8) is 0 Å². The normalized spacial score (nSPS) is 20.5. The van der Waals surface area contributed by atoms with Crippen LogP contribution in [0.5, 0.6) is 0 Å². The molecule has 0 spiro atoms. The van der Waals surface area contributed by atoms with Crippen LogP contribution in [-0.4, -0.2) is 33.3 Å². The molecule has 7 nitrogen and oxygen atoms in total. The zero-order valence-electron chi connectivity index (χ0n) is 13.0. The van der Waals surface area contributed by atoms with Crippen molar-refractivity contribution in [3.05, 3.63) is 33.2 Å². The fourth-order valence-electron chi connectivity index (χ4n) is 3.00. The first-order valence-corrected chi connectivity index (χ1v) is 7.49. The summed E-state index contributed by atoms with van der Waals surface area (Å²) >= 11 is 0. The molecule has 2 aliphatic rings. The summed E-state index contributed by atoms with van der Waals surface area (Å²) in [6.07, 6.45) is 1.56. The number of nitrogens with one attached hydrogen (secondary N) is 2. The molecule has 0 bridgehead atoms. The van der Waals surface area contributed by atoms with E-state index in [9.17, 15) is 19.2 Å². The number of Topliss-reactive ketones (excluding diaryl/α,β-unsaturated/α-hetero) is 1. The number of carboxylic acid groups (broad SMARTS) is 1. The average molecular weight is 318 g/mol. The molecule has 0 aliphatic heterocycles. The average Bonchev–Trinajstić information content (AvgIpc) is 3.17. The number of rotatable bonds is 3. The molecular weight excluding hydrogens is 300 g/mol. The van der Waals surface area contributed by atoms with Gasteiger partial charge in [-0.15, -0.1) is 0 Å². The number of hydrogen-bond donors (Lipinski definition) is 3. The highest BCUT2D eigenvalue weighted by Gasteiger charge is 2.52. The van der Waals surface area contributed by atoms with Gasteiger partial charge in [-0.05, 0) is 30.7 Å². The third-order valence-corrected chi connectivity index (χ3v) is 4.47. The molecule has 7 heteroatoms. The number of carbonyl (C=O) groups excluding carboxylic acids is 2. The van der Waals surface area contributed by atoms with Crippen LogP contribution < -0.4 is 10.9 Å². The summed E-state index contributed by atoms with van der Waals surface area (Å²) < 4.78 is 0. The van der Waals surface area contributed by atoms with E-state index in [4.69, 9.17) is 5.11 Å². The molecule has 3 rings (SSSR count). The highest BCUT2D eigenvalue weighted by molar-refractivity contribution is 6.03. The number of pyridine rings is 1. The van der Waals surface area contributed by atoms with Crippen LogP contribution in [0, 0.1) is 5.41 Å². The second-order valence-corrected chi connectivity index (χ2v) is 7.19. The predicted molar refractivity (Wildman–Crippen MR) is 80.6 cm³/mol. The lowest BCUT2D eigenvalue weighted by molar-refractivity contribution is -0.140. The van der Waals surface area contributed by atoms with Crippen molar-refractivity contribution in [1.82, 2.24) is 10.3 Å². The van der Waals surface area contributed by atoms with Crippen LogP contribution in [-0.2, 0) is 11.2 Å². The quantitative estimate of drug-likeness (QED) is 0.765. The molecule has 0 unspecified atom stereocenters. The maximum Gasteiger partial charge on any atom is 0.329 e. The molecule has 2 aliphatic carbocycles. The number of aromatic amines is 1. The number of hydrogen-bond acceptors (Lipinski definition) is 4. The molecule has 3 N–H and O–H groups in total. The Morgan fingerprint density at radius 1 is 1.22 bits per heavy atom. The fourth-order valence-corrected chi connectivity index (χ4v) is 3.00. The SMILES string of the molecule is CC1(C)CC(=O)c2cc(C(=O)NC3(C(=O)O)CC3)c(=O)[nH]c2C1. The molecule has 23 heavy (non-hydrogen) atoms. The zero-order valence-corrected chi connectivity index (χ0v) is 13.0. The summed E-state index contributed by atoms with van der Waals surface area (Å²) in [6, 6.07) is 1.29. The number of fused-ring (bicyclic) bond motifs is 1. The Bertz CT molecular complexity index is 786. The van der Waals surface area contributed by atoms with Gasteiger partial charge in [-0.2, -0.15) is 0 Å². The summed E-state index contributed by atoms with van der Waals surface area (Å²) in [6.45, 7) is 3.88. The van der Waals surface area contributed by atoms with Gasteiger partial charge >= 0.3 is 5.97 Å². The van der Waals surface area contributed by atoms with Crippen molar-refractivity contribution in [1.29, 1.82) is 0 Å². The van der Waals surface area contributed by atoms with Crippen molar-refractivity contribution in [2.75, 3.05) is 0 Å². The third kappa shape index (κ3) is 2.67. The molecule has 122 valence electrons. The van der Waals surface area contributed by atoms with Gasteiger partial charge < -0.3 is 15.4 Å². The maximum atomic E-state index is 12.2. The van der Waals surface area contributed by atoms with Crippen LogP contribution in [0.1, 0.15) is 59.5 Å². The first kappa shape index (κ1) is 15.5. The molecule has 1 heterocycles. The Morgan fingerprint density at radius 3 is 2.43 bits per heavy atom. The monoisotopic (exact) mass is 318 g/mol. The van der Waals surface area contributed by atoms with Crippen molar-refractivity contribution in [2.45, 2.75) is 45.1 Å². The molecule has 0 radical (unpaired) electrons. The van der Waals surface area contributed by atoms with Crippen molar-refractivity contribution in [3.8, 4) is 0 Å². The van der Waals surface area contributed by atoms with Crippen LogP contribution in [0.4, 0.5) is 0 Å². The second-order valence-electron chi connectivity index (χ2n) is 7.19. The zero-order chi connectivity index (χ0) is 17.0. The van der Waals surface area contributed by atoms with Crippen LogP contribution in [0.15, 0.2) is 10.9 Å². The van der Waals surface area contributed by atoms with Crippen molar-refractivity contribution in [2.24, 2.45) is 5.41 Å². The molecule has 0 atom stereocenters. The summed E-state index contributed by atoms with van der Waals surface area (Å²) in [4.78, 5) is 50.4. The Labute approximate surface area is 132 Å². The van der Waals surface area contributed by atoms with Gasteiger partial charge in [0, 0.05) is 17.7 Å².